The van der Waals surface area contributed by atoms with E-state index >= 15 is 0 Å². The summed E-state index contributed by atoms with van der Waals surface area (Å²) >= 11 is 0. The molecule has 0 aliphatic rings. The fourth-order valence-electron chi connectivity index (χ4n) is 1.54. The Bertz CT molecular complexity index is 478. The third-order valence-corrected chi connectivity index (χ3v) is 2.43. The van der Waals surface area contributed by atoms with Crippen molar-refractivity contribution in [1.29, 1.82) is 0 Å². The minimum absolute atomic E-state index is 0. The van der Waals surface area contributed by atoms with Crippen LogP contribution in [-0.2, 0) is 17.9 Å². The lowest BCUT2D eigenvalue weighted by Gasteiger charge is -2.04. The molecular formula is C13H19ClN4O2. The summed E-state index contributed by atoms with van der Waals surface area (Å²) in [7, 11) is 1.83. The minimum atomic E-state index is 0. The highest BCUT2D eigenvalue weighted by atomic mass is 35.5. The van der Waals surface area contributed by atoms with Crippen molar-refractivity contribution in [2.45, 2.75) is 13.2 Å². The molecule has 1 aromatic carbocycles. The number of rotatable bonds is 8. The molecule has 20 heavy (non-hydrogen) atoms. The van der Waals surface area contributed by atoms with E-state index in [0.717, 1.165) is 5.56 Å². The molecule has 0 fully saturated rings. The lowest BCUT2D eigenvalue weighted by atomic mass is 10.2. The number of nitrogens with one attached hydrogen (secondary N) is 2. The highest BCUT2D eigenvalue weighted by Gasteiger charge is 2.03. The molecule has 0 saturated heterocycles. The second-order valence-electron chi connectivity index (χ2n) is 4.00. The highest BCUT2D eigenvalue weighted by molar-refractivity contribution is 5.85. The second kappa shape index (κ2) is 9.30. The smallest absolute Gasteiger partial charge is 0.315 e. The van der Waals surface area contributed by atoms with Gasteiger partial charge in [0.2, 0.25) is 5.89 Å². The lowest BCUT2D eigenvalue weighted by Crippen LogP contribution is -2.09. The van der Waals surface area contributed by atoms with Crippen molar-refractivity contribution in [3.05, 3.63) is 41.8 Å². The van der Waals surface area contributed by atoms with Gasteiger partial charge in [0.25, 0.3) is 0 Å². The molecule has 0 unspecified atom stereocenters. The molecule has 2 rings (SSSR count). The summed E-state index contributed by atoms with van der Waals surface area (Å²) < 4.78 is 10.9. The van der Waals surface area contributed by atoms with Gasteiger partial charge in [0.05, 0.1) is 19.8 Å². The largest absolute Gasteiger partial charge is 0.407 e. The first-order valence-corrected chi connectivity index (χ1v) is 6.21. The van der Waals surface area contributed by atoms with Crippen molar-refractivity contribution >= 4 is 18.4 Å². The Balaban J connectivity index is 0.00000200. The third-order valence-electron chi connectivity index (χ3n) is 2.43. The molecule has 0 spiro atoms. The molecule has 7 heteroatoms. The summed E-state index contributed by atoms with van der Waals surface area (Å²) in [5.41, 5.74) is 1.16. The van der Waals surface area contributed by atoms with E-state index in [0.29, 0.717) is 38.2 Å². The van der Waals surface area contributed by atoms with Crippen molar-refractivity contribution in [3.8, 4) is 0 Å². The minimum Gasteiger partial charge on any atom is -0.407 e. The zero-order valence-electron chi connectivity index (χ0n) is 11.3. The second-order valence-corrected chi connectivity index (χ2v) is 4.00. The molecule has 1 heterocycles. The average molecular weight is 299 g/mol. The van der Waals surface area contributed by atoms with Gasteiger partial charge in [0, 0.05) is 6.54 Å². The Morgan fingerprint density at radius 2 is 2.00 bits per heavy atom. The molecule has 110 valence electrons. The van der Waals surface area contributed by atoms with Crippen molar-refractivity contribution in [1.82, 2.24) is 15.5 Å². The van der Waals surface area contributed by atoms with E-state index in [1.165, 1.54) is 0 Å². The number of aromatic nitrogens is 2. The van der Waals surface area contributed by atoms with E-state index in [-0.39, 0.29) is 12.4 Å². The first kappa shape index (κ1) is 16.4. The number of nitrogens with zero attached hydrogens (tertiary/aromatic N) is 2. The van der Waals surface area contributed by atoms with E-state index in [9.17, 15) is 0 Å². The van der Waals surface area contributed by atoms with Gasteiger partial charge in [-0.1, -0.05) is 35.4 Å². The Morgan fingerprint density at radius 1 is 1.20 bits per heavy atom. The molecule has 0 aliphatic carbocycles. The summed E-state index contributed by atoms with van der Waals surface area (Å²) in [5, 5.41) is 13.7. The van der Waals surface area contributed by atoms with Crippen LogP contribution in [0.5, 0.6) is 0 Å². The fraction of sp³-hybridized carbons (Fsp3) is 0.385. The van der Waals surface area contributed by atoms with Gasteiger partial charge in [-0.25, -0.2) is 0 Å². The van der Waals surface area contributed by atoms with Crippen molar-refractivity contribution < 1.29 is 9.15 Å². The molecule has 1 aromatic heterocycles. The van der Waals surface area contributed by atoms with Crippen LogP contribution < -0.4 is 10.6 Å². The molecule has 2 aromatic rings. The van der Waals surface area contributed by atoms with E-state index in [2.05, 4.69) is 20.8 Å². The Labute approximate surface area is 124 Å². The quantitative estimate of drug-likeness (QED) is 0.725. The summed E-state index contributed by atoms with van der Waals surface area (Å²) in [6.07, 6.45) is 0. The van der Waals surface area contributed by atoms with Gasteiger partial charge in [-0.15, -0.1) is 17.5 Å². The fourth-order valence-corrected chi connectivity index (χ4v) is 1.54. The molecule has 0 atom stereocenters. The van der Waals surface area contributed by atoms with E-state index in [1.807, 2.05) is 37.4 Å². The average Bonchev–Trinajstić information content (AvgIpc) is 2.88. The first-order valence-electron chi connectivity index (χ1n) is 6.21. The van der Waals surface area contributed by atoms with Gasteiger partial charge in [-0.05, 0) is 12.6 Å². The van der Waals surface area contributed by atoms with Gasteiger partial charge < -0.3 is 19.8 Å². The van der Waals surface area contributed by atoms with Crippen LogP contribution >= 0.6 is 12.4 Å². The summed E-state index contributed by atoms with van der Waals surface area (Å²) in [4.78, 5) is 0. The molecule has 2 N–H and O–H groups in total. The Hall–Kier alpha value is -1.63. The Morgan fingerprint density at radius 3 is 2.75 bits per heavy atom. The lowest BCUT2D eigenvalue weighted by molar-refractivity contribution is 0.130. The van der Waals surface area contributed by atoms with Crippen molar-refractivity contribution in [2.75, 3.05) is 25.5 Å². The van der Waals surface area contributed by atoms with Gasteiger partial charge >= 0.3 is 6.01 Å². The maximum Gasteiger partial charge on any atom is 0.315 e. The monoisotopic (exact) mass is 298 g/mol. The van der Waals surface area contributed by atoms with Gasteiger partial charge in [0.15, 0.2) is 0 Å². The molecule has 0 bridgehead atoms. The zero-order chi connectivity index (χ0) is 13.3. The predicted octanol–water partition coefficient (Wildman–Crippen LogP) is 1.84. The van der Waals surface area contributed by atoms with Crippen molar-refractivity contribution in [3.63, 3.8) is 0 Å². The molecule has 0 amide bonds. The van der Waals surface area contributed by atoms with Crippen LogP contribution in [0.1, 0.15) is 11.5 Å². The maximum absolute atomic E-state index is 5.53. The Kier molecular flexibility index (Phi) is 7.64. The van der Waals surface area contributed by atoms with Crippen LogP contribution in [0.4, 0.5) is 6.01 Å². The number of halogens is 1. The summed E-state index contributed by atoms with van der Waals surface area (Å²) in [6, 6.07) is 10.5. The number of ether oxygens (including phenoxy) is 1. The van der Waals surface area contributed by atoms with Crippen molar-refractivity contribution in [2.24, 2.45) is 0 Å². The standard InChI is InChI=1S/C13H18N4O2.ClH/c1-14-9-12-16-17-13(19-12)15-7-8-18-10-11-5-3-2-4-6-11;/h2-6,14H,7-10H2,1H3,(H,15,17);1H. The normalized spacial score (nSPS) is 10.1. The van der Waals surface area contributed by atoms with Gasteiger partial charge in [0.1, 0.15) is 0 Å². The SMILES string of the molecule is CNCc1nnc(NCCOCc2ccccc2)o1.Cl. The predicted molar refractivity (Wildman–Crippen MR) is 78.9 cm³/mol. The summed E-state index contributed by atoms with van der Waals surface area (Å²) in [6.45, 7) is 2.39. The van der Waals surface area contributed by atoms with Crippen LogP contribution in [0, 0.1) is 0 Å². The van der Waals surface area contributed by atoms with Crippen LogP contribution in [0.15, 0.2) is 34.7 Å². The van der Waals surface area contributed by atoms with E-state index in [4.69, 9.17) is 9.15 Å². The third kappa shape index (κ3) is 5.56. The van der Waals surface area contributed by atoms with E-state index < -0.39 is 0 Å². The molecule has 0 radical (unpaired) electrons. The van der Waals surface area contributed by atoms with Crippen LogP contribution in [0.3, 0.4) is 0 Å². The first-order chi connectivity index (χ1) is 9.38. The topological polar surface area (TPSA) is 72.2 Å². The number of anilines is 1. The number of hydrogen-bond acceptors (Lipinski definition) is 6. The maximum atomic E-state index is 5.53. The van der Waals surface area contributed by atoms with Gasteiger partial charge in [-0.2, -0.15) is 0 Å². The molecule has 6 nitrogen and oxygen atoms in total. The molecular weight excluding hydrogens is 280 g/mol. The zero-order valence-corrected chi connectivity index (χ0v) is 12.2. The van der Waals surface area contributed by atoms with Crippen LogP contribution in [0.25, 0.3) is 0 Å². The summed E-state index contributed by atoms with van der Waals surface area (Å²) in [5.74, 6) is 0.565. The van der Waals surface area contributed by atoms with Gasteiger partial charge in [-0.3, -0.25) is 0 Å². The number of benzene rings is 1. The molecule has 0 saturated carbocycles. The number of hydrogen-bond donors (Lipinski definition) is 2. The molecule has 0 aliphatic heterocycles. The van der Waals surface area contributed by atoms with Crippen LogP contribution in [-0.4, -0.2) is 30.4 Å². The van der Waals surface area contributed by atoms with E-state index in [1.54, 1.807) is 0 Å². The highest BCUT2D eigenvalue weighted by Crippen LogP contribution is 2.04. The van der Waals surface area contributed by atoms with Crippen LogP contribution in [0.2, 0.25) is 0 Å².